The van der Waals surface area contributed by atoms with Crippen LogP contribution < -0.4 is 4.74 Å². The van der Waals surface area contributed by atoms with Crippen molar-refractivity contribution in [3.05, 3.63) is 47.6 Å². The van der Waals surface area contributed by atoms with E-state index in [1.54, 1.807) is 11.3 Å². The maximum atomic E-state index is 5.66. The van der Waals surface area contributed by atoms with E-state index in [4.69, 9.17) is 4.74 Å². The first-order valence-corrected chi connectivity index (χ1v) is 6.52. The Hall–Kier alpha value is -2.14. The Labute approximate surface area is 107 Å². The summed E-state index contributed by atoms with van der Waals surface area (Å²) in [7, 11) is 0. The number of benzene rings is 1. The maximum absolute atomic E-state index is 5.66. The van der Waals surface area contributed by atoms with Gasteiger partial charge in [-0.15, -0.1) is 21.5 Å². The summed E-state index contributed by atoms with van der Waals surface area (Å²) < 4.78 is 7.73. The summed E-state index contributed by atoms with van der Waals surface area (Å²) in [4.78, 5) is 1.12. The summed E-state index contributed by atoms with van der Waals surface area (Å²) in [6.45, 7) is 0.468. The van der Waals surface area contributed by atoms with Crippen molar-refractivity contribution in [1.82, 2.24) is 14.8 Å². The van der Waals surface area contributed by atoms with Crippen LogP contribution in [0.1, 0.15) is 5.82 Å². The van der Waals surface area contributed by atoms with E-state index >= 15 is 0 Å². The molecule has 0 saturated heterocycles. The second-order valence-corrected chi connectivity index (χ2v) is 4.96. The molecule has 1 aliphatic rings. The molecule has 1 aliphatic heterocycles. The van der Waals surface area contributed by atoms with E-state index in [0.29, 0.717) is 6.61 Å². The monoisotopic (exact) mass is 255 g/mol. The minimum atomic E-state index is 0.468. The number of hydrogen-bond acceptors (Lipinski definition) is 4. The first kappa shape index (κ1) is 9.85. The highest BCUT2D eigenvalue weighted by Crippen LogP contribution is 2.34. The van der Waals surface area contributed by atoms with E-state index in [9.17, 15) is 0 Å². The number of fused-ring (bicyclic) bond motifs is 3. The Morgan fingerprint density at radius 1 is 1.11 bits per heavy atom. The Morgan fingerprint density at radius 3 is 2.94 bits per heavy atom. The van der Waals surface area contributed by atoms with Crippen LogP contribution in [-0.4, -0.2) is 14.8 Å². The summed E-state index contributed by atoms with van der Waals surface area (Å²) in [6, 6.07) is 12.0. The third-order valence-electron chi connectivity index (χ3n) is 2.93. The van der Waals surface area contributed by atoms with Gasteiger partial charge in [-0.3, -0.25) is 4.57 Å². The average Bonchev–Trinajstić information content (AvgIpc) is 3.07. The summed E-state index contributed by atoms with van der Waals surface area (Å²) in [5.74, 6) is 2.61. The highest BCUT2D eigenvalue weighted by atomic mass is 32.1. The molecule has 0 atom stereocenters. The average molecular weight is 255 g/mol. The van der Waals surface area contributed by atoms with Gasteiger partial charge in [0.15, 0.2) is 11.6 Å². The van der Waals surface area contributed by atoms with E-state index in [-0.39, 0.29) is 0 Å². The van der Waals surface area contributed by atoms with E-state index in [1.807, 2.05) is 35.7 Å². The molecule has 0 N–H and O–H groups in total. The van der Waals surface area contributed by atoms with Gasteiger partial charge in [-0.05, 0) is 23.6 Å². The van der Waals surface area contributed by atoms with Crippen molar-refractivity contribution in [2.45, 2.75) is 6.61 Å². The number of ether oxygens (including phenoxy) is 1. The van der Waals surface area contributed by atoms with Gasteiger partial charge in [-0.2, -0.15) is 0 Å². The number of aromatic nitrogens is 3. The zero-order chi connectivity index (χ0) is 11.9. The zero-order valence-corrected chi connectivity index (χ0v) is 10.2. The number of thiophene rings is 1. The van der Waals surface area contributed by atoms with Crippen molar-refractivity contribution in [1.29, 1.82) is 0 Å². The first-order chi connectivity index (χ1) is 8.93. The number of para-hydroxylation sites is 2. The third kappa shape index (κ3) is 1.31. The Balaban J connectivity index is 2.00. The molecule has 1 aromatic carbocycles. The minimum Gasteiger partial charge on any atom is -0.483 e. The molecule has 5 heteroatoms. The van der Waals surface area contributed by atoms with E-state index in [0.717, 1.165) is 28.0 Å². The molecule has 2 aromatic heterocycles. The normalized spacial score (nSPS) is 12.7. The van der Waals surface area contributed by atoms with Crippen LogP contribution in [0.4, 0.5) is 0 Å². The van der Waals surface area contributed by atoms with Gasteiger partial charge in [-0.1, -0.05) is 18.2 Å². The molecule has 88 valence electrons. The lowest BCUT2D eigenvalue weighted by Crippen LogP contribution is -2.13. The fraction of sp³-hybridized carbons (Fsp3) is 0.0769. The predicted molar refractivity (Wildman–Crippen MR) is 69.0 cm³/mol. The zero-order valence-electron chi connectivity index (χ0n) is 9.41. The topological polar surface area (TPSA) is 39.9 Å². The summed E-state index contributed by atoms with van der Waals surface area (Å²) >= 11 is 1.66. The third-order valence-corrected chi connectivity index (χ3v) is 3.80. The lowest BCUT2D eigenvalue weighted by molar-refractivity contribution is 0.279. The maximum Gasteiger partial charge on any atom is 0.178 e. The summed E-state index contributed by atoms with van der Waals surface area (Å²) in [6.07, 6.45) is 0. The molecule has 3 heterocycles. The second-order valence-electron chi connectivity index (χ2n) is 4.01. The molecule has 3 aromatic rings. The van der Waals surface area contributed by atoms with Crippen molar-refractivity contribution in [3.8, 4) is 22.1 Å². The molecule has 0 unspecified atom stereocenters. The molecule has 0 radical (unpaired) electrons. The molecular formula is C13H9N3OS. The van der Waals surface area contributed by atoms with Crippen molar-refractivity contribution >= 4 is 11.3 Å². The van der Waals surface area contributed by atoms with Crippen molar-refractivity contribution in [2.75, 3.05) is 0 Å². The van der Waals surface area contributed by atoms with Crippen LogP contribution >= 0.6 is 11.3 Å². The van der Waals surface area contributed by atoms with E-state index < -0.39 is 0 Å². The summed E-state index contributed by atoms with van der Waals surface area (Å²) in [5.41, 5.74) is 1.01. The van der Waals surface area contributed by atoms with Crippen molar-refractivity contribution in [2.24, 2.45) is 0 Å². The number of hydrogen-bond donors (Lipinski definition) is 0. The summed E-state index contributed by atoms with van der Waals surface area (Å²) in [5, 5.41) is 10.5. The lowest BCUT2D eigenvalue weighted by atomic mass is 10.2. The van der Waals surface area contributed by atoms with Crippen molar-refractivity contribution in [3.63, 3.8) is 0 Å². The van der Waals surface area contributed by atoms with Gasteiger partial charge in [0.25, 0.3) is 0 Å². The molecule has 0 spiro atoms. The Bertz CT molecular complexity index is 703. The molecule has 0 amide bonds. The van der Waals surface area contributed by atoms with Crippen molar-refractivity contribution < 1.29 is 4.74 Å². The highest BCUT2D eigenvalue weighted by Gasteiger charge is 2.22. The lowest BCUT2D eigenvalue weighted by Gasteiger charge is -2.19. The fourth-order valence-corrected chi connectivity index (χ4v) is 2.83. The van der Waals surface area contributed by atoms with Crippen LogP contribution in [0.3, 0.4) is 0 Å². The molecule has 18 heavy (non-hydrogen) atoms. The van der Waals surface area contributed by atoms with Gasteiger partial charge < -0.3 is 4.74 Å². The standard InChI is InChI=1S/C13H9N3OS/c1-2-5-10-9(4-1)16-12(8-17-10)14-15-13(16)11-6-3-7-18-11/h1-7H,8H2. The Morgan fingerprint density at radius 2 is 2.06 bits per heavy atom. The SMILES string of the molecule is c1csc(-c2nnc3n2-c2ccccc2OC3)c1. The molecule has 0 aliphatic carbocycles. The van der Waals surface area contributed by atoms with Gasteiger partial charge >= 0.3 is 0 Å². The first-order valence-electron chi connectivity index (χ1n) is 5.64. The molecule has 4 nitrogen and oxygen atoms in total. The predicted octanol–water partition coefficient (Wildman–Crippen LogP) is 2.89. The fourth-order valence-electron chi connectivity index (χ4n) is 2.13. The van der Waals surface area contributed by atoms with Crippen LogP contribution in [-0.2, 0) is 6.61 Å². The number of rotatable bonds is 1. The molecular weight excluding hydrogens is 246 g/mol. The Kier molecular flexibility index (Phi) is 2.01. The quantitative estimate of drug-likeness (QED) is 0.671. The van der Waals surface area contributed by atoms with Gasteiger partial charge in [0, 0.05) is 0 Å². The minimum absolute atomic E-state index is 0.468. The highest BCUT2D eigenvalue weighted by molar-refractivity contribution is 7.13. The van der Waals surface area contributed by atoms with E-state index in [1.165, 1.54) is 0 Å². The van der Waals surface area contributed by atoms with Crippen LogP contribution in [0.5, 0.6) is 5.75 Å². The van der Waals surface area contributed by atoms with Gasteiger partial charge in [0.1, 0.15) is 12.4 Å². The van der Waals surface area contributed by atoms with Crippen LogP contribution in [0.2, 0.25) is 0 Å². The molecule has 4 rings (SSSR count). The smallest absolute Gasteiger partial charge is 0.178 e. The molecule has 0 fully saturated rings. The second kappa shape index (κ2) is 3.68. The van der Waals surface area contributed by atoms with E-state index in [2.05, 4.69) is 20.8 Å². The van der Waals surface area contributed by atoms with Crippen LogP contribution in [0.25, 0.3) is 16.4 Å². The van der Waals surface area contributed by atoms with Crippen LogP contribution in [0.15, 0.2) is 41.8 Å². The largest absolute Gasteiger partial charge is 0.483 e. The van der Waals surface area contributed by atoms with Gasteiger partial charge in [0.2, 0.25) is 0 Å². The van der Waals surface area contributed by atoms with Crippen LogP contribution in [0, 0.1) is 0 Å². The van der Waals surface area contributed by atoms with Gasteiger partial charge in [-0.25, -0.2) is 0 Å². The van der Waals surface area contributed by atoms with Gasteiger partial charge in [0.05, 0.1) is 10.6 Å². The number of nitrogens with zero attached hydrogens (tertiary/aromatic N) is 3. The molecule has 0 bridgehead atoms. The molecule has 0 saturated carbocycles.